The van der Waals surface area contributed by atoms with E-state index in [2.05, 4.69) is 20.6 Å². The normalized spacial score (nSPS) is 15.7. The van der Waals surface area contributed by atoms with E-state index in [-0.39, 0.29) is 5.91 Å². The van der Waals surface area contributed by atoms with E-state index in [1.54, 1.807) is 10.9 Å². The molecule has 1 amide bonds. The Morgan fingerprint density at radius 1 is 1.33 bits per heavy atom. The number of amides is 1. The first-order valence-corrected chi connectivity index (χ1v) is 8.63. The quantitative estimate of drug-likeness (QED) is 0.654. The van der Waals surface area contributed by atoms with Crippen LogP contribution < -0.4 is 5.32 Å². The van der Waals surface area contributed by atoms with Gasteiger partial charge in [0, 0.05) is 18.5 Å². The fourth-order valence-corrected chi connectivity index (χ4v) is 3.21. The van der Waals surface area contributed by atoms with Crippen LogP contribution >= 0.6 is 12.2 Å². The smallest absolute Gasteiger partial charge is 0.221 e. The van der Waals surface area contributed by atoms with Gasteiger partial charge < -0.3 is 5.32 Å². The molecule has 6 nitrogen and oxygen atoms in total. The zero-order chi connectivity index (χ0) is 16.9. The van der Waals surface area contributed by atoms with Crippen LogP contribution in [0.1, 0.15) is 56.3 Å². The van der Waals surface area contributed by atoms with E-state index in [1.807, 2.05) is 24.3 Å². The standard InChI is InChI=1S/C17H21N5OS/c1-12(23)19-15-9-7-13(8-10-15)11-18-22-16(20-21-17(22)24)14-5-3-2-4-6-14/h7-11,14H,2-6H2,1H3,(H,19,23)(H,21,24). The Morgan fingerprint density at radius 2 is 2.04 bits per heavy atom. The zero-order valence-electron chi connectivity index (χ0n) is 13.7. The molecule has 1 aliphatic carbocycles. The number of nitrogens with zero attached hydrogens (tertiary/aromatic N) is 3. The Hall–Kier alpha value is -2.28. The summed E-state index contributed by atoms with van der Waals surface area (Å²) in [5, 5.41) is 14.5. The van der Waals surface area contributed by atoms with Gasteiger partial charge in [-0.3, -0.25) is 9.89 Å². The summed E-state index contributed by atoms with van der Waals surface area (Å²) in [4.78, 5) is 11.0. The fourth-order valence-electron chi connectivity index (χ4n) is 3.02. The molecule has 1 saturated carbocycles. The van der Waals surface area contributed by atoms with Gasteiger partial charge in [-0.25, -0.2) is 0 Å². The van der Waals surface area contributed by atoms with Gasteiger partial charge >= 0.3 is 0 Å². The molecule has 1 aliphatic rings. The number of rotatable bonds is 4. The van der Waals surface area contributed by atoms with Gasteiger partial charge in [0.2, 0.25) is 10.7 Å². The molecule has 1 aromatic heterocycles. The number of H-pyrrole nitrogens is 1. The summed E-state index contributed by atoms with van der Waals surface area (Å²) in [6.45, 7) is 1.49. The van der Waals surface area contributed by atoms with Crippen LogP contribution in [0.5, 0.6) is 0 Å². The Labute approximate surface area is 146 Å². The van der Waals surface area contributed by atoms with E-state index in [1.165, 1.54) is 26.2 Å². The highest BCUT2D eigenvalue weighted by Gasteiger charge is 2.21. The summed E-state index contributed by atoms with van der Waals surface area (Å²) < 4.78 is 2.24. The number of carbonyl (C=O) groups excluding carboxylic acids is 1. The van der Waals surface area contributed by atoms with Crippen molar-refractivity contribution in [1.29, 1.82) is 0 Å². The van der Waals surface area contributed by atoms with Crippen LogP contribution in [0, 0.1) is 4.77 Å². The molecule has 1 heterocycles. The van der Waals surface area contributed by atoms with Gasteiger partial charge in [0.25, 0.3) is 0 Å². The lowest BCUT2D eigenvalue weighted by Gasteiger charge is -2.19. The van der Waals surface area contributed by atoms with Crippen molar-refractivity contribution in [1.82, 2.24) is 14.9 Å². The van der Waals surface area contributed by atoms with Gasteiger partial charge in [0.1, 0.15) is 0 Å². The van der Waals surface area contributed by atoms with Crippen molar-refractivity contribution < 1.29 is 4.79 Å². The third-order valence-corrected chi connectivity index (χ3v) is 4.46. The topological polar surface area (TPSA) is 75.1 Å². The zero-order valence-corrected chi connectivity index (χ0v) is 14.5. The number of benzene rings is 1. The van der Waals surface area contributed by atoms with Crippen molar-refractivity contribution in [3.63, 3.8) is 0 Å². The highest BCUT2D eigenvalue weighted by atomic mass is 32.1. The second-order valence-corrected chi connectivity index (χ2v) is 6.47. The third kappa shape index (κ3) is 3.97. The molecule has 0 spiro atoms. The lowest BCUT2D eigenvalue weighted by atomic mass is 9.89. The Bertz CT molecular complexity index is 784. The first kappa shape index (κ1) is 16.6. The van der Waals surface area contributed by atoms with Crippen molar-refractivity contribution in [2.75, 3.05) is 5.32 Å². The minimum absolute atomic E-state index is 0.0850. The molecule has 2 aromatic rings. The molecule has 0 aliphatic heterocycles. The van der Waals surface area contributed by atoms with Crippen LogP contribution in [0.2, 0.25) is 0 Å². The summed E-state index contributed by atoms with van der Waals surface area (Å²) in [5.41, 5.74) is 1.70. The largest absolute Gasteiger partial charge is 0.326 e. The van der Waals surface area contributed by atoms with Crippen molar-refractivity contribution in [2.45, 2.75) is 44.9 Å². The molecular weight excluding hydrogens is 322 g/mol. The van der Waals surface area contributed by atoms with Crippen molar-refractivity contribution in [3.8, 4) is 0 Å². The summed E-state index contributed by atoms with van der Waals surface area (Å²) >= 11 is 5.31. The average Bonchev–Trinajstić information content (AvgIpc) is 2.95. The average molecular weight is 343 g/mol. The monoisotopic (exact) mass is 343 g/mol. The lowest BCUT2D eigenvalue weighted by molar-refractivity contribution is -0.114. The second kappa shape index (κ2) is 7.53. The van der Waals surface area contributed by atoms with E-state index in [0.29, 0.717) is 10.7 Å². The number of nitrogens with one attached hydrogen (secondary N) is 2. The molecule has 126 valence electrons. The number of anilines is 1. The van der Waals surface area contributed by atoms with Crippen molar-refractivity contribution in [2.24, 2.45) is 5.10 Å². The minimum atomic E-state index is -0.0850. The number of aromatic nitrogens is 3. The van der Waals surface area contributed by atoms with Crippen LogP contribution in [0.15, 0.2) is 29.4 Å². The van der Waals surface area contributed by atoms with Crippen LogP contribution in [0.3, 0.4) is 0 Å². The first-order valence-electron chi connectivity index (χ1n) is 8.23. The molecule has 2 N–H and O–H groups in total. The van der Waals surface area contributed by atoms with Crippen LogP contribution in [0.4, 0.5) is 5.69 Å². The molecule has 7 heteroatoms. The van der Waals surface area contributed by atoms with Crippen LogP contribution in [-0.4, -0.2) is 27.0 Å². The van der Waals surface area contributed by atoms with E-state index in [0.717, 1.165) is 29.9 Å². The molecule has 3 rings (SSSR count). The second-order valence-electron chi connectivity index (χ2n) is 6.08. The predicted molar refractivity (Wildman–Crippen MR) is 97.0 cm³/mol. The highest BCUT2D eigenvalue weighted by molar-refractivity contribution is 7.71. The Kier molecular flexibility index (Phi) is 5.20. The van der Waals surface area contributed by atoms with Crippen LogP contribution in [-0.2, 0) is 4.79 Å². The molecule has 1 fully saturated rings. The van der Waals surface area contributed by atoms with Crippen LogP contribution in [0.25, 0.3) is 0 Å². The molecule has 0 saturated heterocycles. The highest BCUT2D eigenvalue weighted by Crippen LogP contribution is 2.31. The van der Waals surface area contributed by atoms with E-state index < -0.39 is 0 Å². The van der Waals surface area contributed by atoms with Gasteiger partial charge in [0.15, 0.2) is 5.82 Å². The van der Waals surface area contributed by atoms with Gasteiger partial charge in [-0.2, -0.15) is 14.9 Å². The summed E-state index contributed by atoms with van der Waals surface area (Å²) in [5.74, 6) is 1.26. The molecule has 0 unspecified atom stereocenters. The third-order valence-electron chi connectivity index (χ3n) is 4.20. The van der Waals surface area contributed by atoms with Crippen molar-refractivity contribution >= 4 is 30.0 Å². The summed E-state index contributed by atoms with van der Waals surface area (Å²) in [7, 11) is 0. The van der Waals surface area contributed by atoms with Gasteiger partial charge in [0.05, 0.1) is 6.21 Å². The molecule has 1 aromatic carbocycles. The van der Waals surface area contributed by atoms with E-state index >= 15 is 0 Å². The number of hydrogen-bond acceptors (Lipinski definition) is 4. The van der Waals surface area contributed by atoms with Gasteiger partial charge in [-0.05, 0) is 42.8 Å². The number of carbonyl (C=O) groups is 1. The predicted octanol–water partition coefficient (Wildman–Crippen LogP) is 3.83. The Morgan fingerprint density at radius 3 is 2.71 bits per heavy atom. The van der Waals surface area contributed by atoms with Gasteiger partial charge in [-0.15, -0.1) is 0 Å². The summed E-state index contributed by atoms with van der Waals surface area (Å²) in [6, 6.07) is 7.50. The summed E-state index contributed by atoms with van der Waals surface area (Å²) in [6.07, 6.45) is 7.80. The molecule has 0 atom stereocenters. The SMILES string of the molecule is CC(=O)Nc1ccc(C=Nn2c(C3CCCCC3)n[nH]c2=S)cc1. The van der Waals surface area contributed by atoms with E-state index in [9.17, 15) is 4.79 Å². The number of hydrogen-bond donors (Lipinski definition) is 2. The number of aromatic amines is 1. The molecule has 24 heavy (non-hydrogen) atoms. The molecule has 0 radical (unpaired) electrons. The maximum Gasteiger partial charge on any atom is 0.221 e. The molecule has 0 bridgehead atoms. The van der Waals surface area contributed by atoms with Gasteiger partial charge in [-0.1, -0.05) is 31.4 Å². The van der Waals surface area contributed by atoms with Crippen molar-refractivity contribution in [3.05, 3.63) is 40.4 Å². The lowest BCUT2D eigenvalue weighted by Crippen LogP contribution is -2.10. The maximum absolute atomic E-state index is 11.0. The Balaban J connectivity index is 1.78. The van der Waals surface area contributed by atoms with E-state index in [4.69, 9.17) is 12.2 Å². The molecular formula is C17H21N5OS. The fraction of sp³-hybridized carbons (Fsp3) is 0.412. The maximum atomic E-state index is 11.0. The first-order chi connectivity index (χ1) is 11.6. The minimum Gasteiger partial charge on any atom is -0.326 e.